The van der Waals surface area contributed by atoms with E-state index in [-0.39, 0.29) is 11.8 Å². The third-order valence-electron chi connectivity index (χ3n) is 4.12. The van der Waals surface area contributed by atoms with Crippen molar-refractivity contribution in [3.8, 4) is 0 Å². The van der Waals surface area contributed by atoms with Crippen LogP contribution in [0, 0.1) is 0 Å². The van der Waals surface area contributed by atoms with Gasteiger partial charge in [-0.15, -0.1) is 0 Å². The van der Waals surface area contributed by atoms with Crippen LogP contribution in [0.3, 0.4) is 0 Å². The smallest absolute Gasteiger partial charge is 0.251 e. The van der Waals surface area contributed by atoms with E-state index in [1.807, 2.05) is 36.0 Å². The van der Waals surface area contributed by atoms with E-state index in [1.165, 1.54) is 0 Å². The Kier molecular flexibility index (Phi) is 3.68. The number of carbonyl (C=O) groups excluding carboxylic acids is 2. The van der Waals surface area contributed by atoms with Crippen LogP contribution in [0.4, 0.5) is 5.69 Å². The standard InChI is InChI=1S/C16H21N3O2/c1-18(2)7-5-17-16(21)13-8-11-4-3-6-19-14(20)10-12(9-13)15(11)19/h8-9H,3-7,10H2,1-2H3,(H,17,21). The van der Waals surface area contributed by atoms with Gasteiger partial charge in [0, 0.05) is 25.2 Å². The summed E-state index contributed by atoms with van der Waals surface area (Å²) in [4.78, 5) is 28.2. The highest BCUT2D eigenvalue weighted by atomic mass is 16.2. The monoisotopic (exact) mass is 287 g/mol. The molecule has 1 N–H and O–H groups in total. The predicted octanol–water partition coefficient (Wildman–Crippen LogP) is 0.813. The third kappa shape index (κ3) is 2.65. The molecular weight excluding hydrogens is 266 g/mol. The number of nitrogens with one attached hydrogen (secondary N) is 1. The molecule has 5 heteroatoms. The highest BCUT2D eigenvalue weighted by Crippen LogP contribution is 2.37. The molecule has 2 aliphatic heterocycles. The van der Waals surface area contributed by atoms with Crippen molar-refractivity contribution in [1.82, 2.24) is 10.2 Å². The second-order valence-electron chi connectivity index (χ2n) is 6.03. The van der Waals surface area contributed by atoms with Crippen LogP contribution in [0.2, 0.25) is 0 Å². The first kappa shape index (κ1) is 14.1. The minimum atomic E-state index is -0.0487. The second-order valence-corrected chi connectivity index (χ2v) is 6.03. The van der Waals surface area contributed by atoms with Gasteiger partial charge in [0.2, 0.25) is 5.91 Å². The number of hydrogen-bond acceptors (Lipinski definition) is 3. The maximum atomic E-state index is 12.2. The predicted molar refractivity (Wildman–Crippen MR) is 81.7 cm³/mol. The highest BCUT2D eigenvalue weighted by molar-refractivity contribution is 6.04. The number of amides is 2. The summed E-state index contributed by atoms with van der Waals surface area (Å²) in [5, 5.41) is 2.93. The van der Waals surface area contributed by atoms with Crippen molar-refractivity contribution in [2.24, 2.45) is 0 Å². The van der Waals surface area contributed by atoms with E-state index in [9.17, 15) is 9.59 Å². The molecule has 5 nitrogen and oxygen atoms in total. The molecule has 0 atom stereocenters. The molecule has 0 saturated carbocycles. The van der Waals surface area contributed by atoms with Crippen LogP contribution in [0.25, 0.3) is 0 Å². The summed E-state index contributed by atoms with van der Waals surface area (Å²) < 4.78 is 0. The zero-order valence-electron chi connectivity index (χ0n) is 12.6. The first-order chi connectivity index (χ1) is 10.1. The molecule has 21 heavy (non-hydrogen) atoms. The van der Waals surface area contributed by atoms with Gasteiger partial charge in [0.1, 0.15) is 0 Å². The molecule has 2 heterocycles. The molecule has 0 spiro atoms. The van der Waals surface area contributed by atoms with Gasteiger partial charge in [-0.05, 0) is 50.2 Å². The summed E-state index contributed by atoms with van der Waals surface area (Å²) >= 11 is 0. The zero-order chi connectivity index (χ0) is 15.0. The number of aryl methyl sites for hydroxylation is 1. The normalized spacial score (nSPS) is 16.3. The molecule has 112 valence electrons. The number of likely N-dealkylation sites (N-methyl/N-ethyl adjacent to an activating group) is 1. The van der Waals surface area contributed by atoms with Crippen LogP contribution in [-0.4, -0.2) is 50.4 Å². The van der Waals surface area contributed by atoms with Crippen molar-refractivity contribution >= 4 is 17.5 Å². The fourth-order valence-electron chi connectivity index (χ4n) is 3.11. The van der Waals surface area contributed by atoms with E-state index < -0.39 is 0 Å². The van der Waals surface area contributed by atoms with Gasteiger partial charge in [-0.2, -0.15) is 0 Å². The molecule has 0 fully saturated rings. The summed E-state index contributed by atoms with van der Waals surface area (Å²) in [6.07, 6.45) is 2.36. The first-order valence-electron chi connectivity index (χ1n) is 7.45. The molecule has 1 aromatic carbocycles. The molecule has 1 aromatic rings. The van der Waals surface area contributed by atoms with Gasteiger partial charge in [0.05, 0.1) is 12.1 Å². The molecule has 3 rings (SSSR count). The lowest BCUT2D eigenvalue weighted by Crippen LogP contribution is -2.32. The van der Waals surface area contributed by atoms with Crippen molar-refractivity contribution in [2.45, 2.75) is 19.3 Å². The average Bonchev–Trinajstić information content (AvgIpc) is 2.76. The van der Waals surface area contributed by atoms with Gasteiger partial charge < -0.3 is 15.1 Å². The summed E-state index contributed by atoms with van der Waals surface area (Å²) in [7, 11) is 3.96. The topological polar surface area (TPSA) is 52.7 Å². The molecule has 0 aliphatic carbocycles. The molecular formula is C16H21N3O2. The quantitative estimate of drug-likeness (QED) is 0.892. The van der Waals surface area contributed by atoms with Gasteiger partial charge in [-0.1, -0.05) is 0 Å². The van der Waals surface area contributed by atoms with E-state index in [0.717, 1.165) is 42.7 Å². The Morgan fingerprint density at radius 1 is 1.33 bits per heavy atom. The fourth-order valence-corrected chi connectivity index (χ4v) is 3.11. The molecule has 2 aliphatic rings. The molecule has 0 radical (unpaired) electrons. The lowest BCUT2D eigenvalue weighted by molar-refractivity contribution is -0.117. The zero-order valence-corrected chi connectivity index (χ0v) is 12.6. The highest BCUT2D eigenvalue weighted by Gasteiger charge is 2.32. The van der Waals surface area contributed by atoms with Crippen molar-refractivity contribution < 1.29 is 9.59 Å². The van der Waals surface area contributed by atoms with Gasteiger partial charge in [0.25, 0.3) is 5.91 Å². The SMILES string of the molecule is CN(C)CCNC(=O)c1cc2c3c(c1)CC(=O)N3CCC2. The molecule has 0 saturated heterocycles. The van der Waals surface area contributed by atoms with Gasteiger partial charge in [0.15, 0.2) is 0 Å². The van der Waals surface area contributed by atoms with E-state index in [2.05, 4.69) is 5.32 Å². The Balaban J connectivity index is 1.81. The van der Waals surface area contributed by atoms with Crippen LogP contribution in [0.15, 0.2) is 12.1 Å². The van der Waals surface area contributed by atoms with E-state index in [1.54, 1.807) is 0 Å². The molecule has 2 amide bonds. The second kappa shape index (κ2) is 5.48. The Morgan fingerprint density at radius 2 is 2.10 bits per heavy atom. The van der Waals surface area contributed by atoms with Crippen LogP contribution in [0.5, 0.6) is 0 Å². The van der Waals surface area contributed by atoms with E-state index >= 15 is 0 Å². The number of anilines is 1. The van der Waals surface area contributed by atoms with E-state index in [0.29, 0.717) is 18.5 Å². The molecule has 0 aromatic heterocycles. The van der Waals surface area contributed by atoms with Crippen LogP contribution in [0.1, 0.15) is 27.9 Å². The number of carbonyl (C=O) groups is 2. The largest absolute Gasteiger partial charge is 0.351 e. The maximum absolute atomic E-state index is 12.2. The number of rotatable bonds is 4. The van der Waals surface area contributed by atoms with Gasteiger partial charge in [-0.3, -0.25) is 9.59 Å². The van der Waals surface area contributed by atoms with Crippen LogP contribution in [-0.2, 0) is 17.6 Å². The summed E-state index contributed by atoms with van der Waals surface area (Å²) in [5.74, 6) is 0.114. The minimum Gasteiger partial charge on any atom is -0.351 e. The Bertz CT molecular complexity index is 595. The van der Waals surface area contributed by atoms with Crippen molar-refractivity contribution in [1.29, 1.82) is 0 Å². The van der Waals surface area contributed by atoms with E-state index in [4.69, 9.17) is 0 Å². The van der Waals surface area contributed by atoms with Crippen LogP contribution < -0.4 is 10.2 Å². The van der Waals surface area contributed by atoms with Gasteiger partial charge in [-0.25, -0.2) is 0 Å². The Labute approximate surface area is 124 Å². The Morgan fingerprint density at radius 3 is 2.86 bits per heavy atom. The lowest BCUT2D eigenvalue weighted by Gasteiger charge is -2.25. The Hall–Kier alpha value is -1.88. The van der Waals surface area contributed by atoms with Crippen molar-refractivity contribution in [2.75, 3.05) is 38.6 Å². The fraction of sp³-hybridized carbons (Fsp3) is 0.500. The number of benzene rings is 1. The van der Waals surface area contributed by atoms with Gasteiger partial charge >= 0.3 is 0 Å². The van der Waals surface area contributed by atoms with Crippen LogP contribution >= 0.6 is 0 Å². The average molecular weight is 287 g/mol. The minimum absolute atomic E-state index is 0.0487. The molecule has 0 unspecified atom stereocenters. The first-order valence-corrected chi connectivity index (χ1v) is 7.45. The summed E-state index contributed by atoms with van der Waals surface area (Å²) in [6.45, 7) is 2.26. The van der Waals surface area contributed by atoms with Crippen molar-refractivity contribution in [3.05, 3.63) is 28.8 Å². The lowest BCUT2D eigenvalue weighted by atomic mass is 9.96. The summed E-state index contributed by atoms with van der Waals surface area (Å²) in [5.41, 5.74) is 3.90. The number of nitrogens with zero attached hydrogens (tertiary/aromatic N) is 2. The van der Waals surface area contributed by atoms with Crippen molar-refractivity contribution in [3.63, 3.8) is 0 Å². The third-order valence-corrected chi connectivity index (χ3v) is 4.12. The maximum Gasteiger partial charge on any atom is 0.251 e. The summed E-state index contributed by atoms with van der Waals surface area (Å²) in [6, 6.07) is 3.83. The molecule has 0 bridgehead atoms. The number of hydrogen-bond donors (Lipinski definition) is 1.